The Kier molecular flexibility index (Phi) is 4.41. The van der Waals surface area contributed by atoms with Gasteiger partial charge in [0.15, 0.2) is 0 Å². The second-order valence-corrected chi connectivity index (χ2v) is 9.64. The second kappa shape index (κ2) is 7.44. The fraction of sp³-hybridized carbons (Fsp3) is 0. The number of hydrogen-bond donors (Lipinski definition) is 2. The van der Waals surface area contributed by atoms with Crippen LogP contribution in [0, 0.1) is 0 Å². The summed E-state index contributed by atoms with van der Waals surface area (Å²) in [7, 11) is 0. The molecule has 2 aromatic heterocycles. The van der Waals surface area contributed by atoms with Crippen molar-refractivity contribution >= 4 is 45.9 Å². The number of fused-ring (bicyclic) bond motifs is 1. The van der Waals surface area contributed by atoms with Crippen LogP contribution in [0.3, 0.4) is 0 Å². The van der Waals surface area contributed by atoms with Gasteiger partial charge in [0.2, 0.25) is 0 Å². The lowest BCUT2D eigenvalue weighted by atomic mass is 10.1. The van der Waals surface area contributed by atoms with Crippen LogP contribution in [0.4, 0.5) is 0 Å². The predicted molar refractivity (Wildman–Crippen MR) is 130 cm³/mol. The molecule has 154 valence electrons. The van der Waals surface area contributed by atoms with E-state index >= 15 is 0 Å². The van der Waals surface area contributed by atoms with E-state index in [-0.39, 0.29) is 11.8 Å². The Labute approximate surface area is 192 Å². The van der Waals surface area contributed by atoms with Crippen molar-refractivity contribution < 1.29 is 9.59 Å². The monoisotopic (exact) mass is 452 g/mol. The molecule has 6 rings (SSSR count). The molecule has 4 aromatic rings. The molecule has 0 aliphatic carbocycles. The first kappa shape index (κ1) is 19.0. The van der Waals surface area contributed by atoms with Crippen molar-refractivity contribution in [3.05, 3.63) is 106 Å². The number of thiophene rings is 2. The Balaban J connectivity index is 1.41. The molecule has 2 aromatic carbocycles. The Bertz CT molecular complexity index is 1330. The van der Waals surface area contributed by atoms with Gasteiger partial charge in [-0.2, -0.15) is 0 Å². The summed E-state index contributed by atoms with van der Waals surface area (Å²) in [6, 6.07) is 28.1. The molecule has 2 aliphatic rings. The molecule has 4 nitrogen and oxygen atoms in total. The van der Waals surface area contributed by atoms with Gasteiger partial charge in [-0.25, -0.2) is 0 Å². The third-order valence-corrected chi connectivity index (χ3v) is 7.81. The van der Waals surface area contributed by atoms with Crippen LogP contribution in [0.15, 0.2) is 96.1 Å². The van der Waals surface area contributed by atoms with Crippen LogP contribution in [0.2, 0.25) is 0 Å². The number of rotatable bonds is 4. The van der Waals surface area contributed by atoms with Gasteiger partial charge in [-0.15, -0.1) is 22.7 Å². The van der Waals surface area contributed by atoms with E-state index in [1.165, 1.54) is 0 Å². The van der Waals surface area contributed by atoms with Crippen molar-refractivity contribution in [2.75, 3.05) is 0 Å². The van der Waals surface area contributed by atoms with Crippen molar-refractivity contribution in [1.29, 1.82) is 0 Å². The molecule has 0 unspecified atom stereocenters. The summed E-state index contributed by atoms with van der Waals surface area (Å²) in [6.07, 6.45) is 0. The van der Waals surface area contributed by atoms with E-state index in [0.717, 1.165) is 30.6 Å². The van der Waals surface area contributed by atoms with Crippen LogP contribution in [-0.4, -0.2) is 11.8 Å². The topological polar surface area (TPSA) is 58.2 Å². The third-order valence-electron chi connectivity index (χ3n) is 5.50. The maximum Gasteiger partial charge on any atom is 0.258 e. The van der Waals surface area contributed by atoms with E-state index in [9.17, 15) is 9.59 Å². The fourth-order valence-corrected chi connectivity index (χ4v) is 6.05. The Morgan fingerprint density at radius 1 is 0.469 bits per heavy atom. The molecule has 32 heavy (non-hydrogen) atoms. The molecule has 0 atom stereocenters. The first-order chi connectivity index (χ1) is 15.7. The van der Waals surface area contributed by atoms with Crippen LogP contribution in [0.25, 0.3) is 32.3 Å². The molecular weight excluding hydrogens is 436 g/mol. The van der Waals surface area contributed by atoms with Crippen molar-refractivity contribution in [2.24, 2.45) is 0 Å². The van der Waals surface area contributed by atoms with E-state index in [4.69, 9.17) is 0 Å². The zero-order valence-corrected chi connectivity index (χ0v) is 18.3. The molecule has 0 radical (unpaired) electrons. The summed E-state index contributed by atoms with van der Waals surface area (Å²) in [6.45, 7) is 0. The Morgan fingerprint density at radius 3 is 1.25 bits per heavy atom. The van der Waals surface area contributed by atoms with Gasteiger partial charge in [0.05, 0.1) is 32.3 Å². The molecular formula is C26H16N2O2S2. The molecule has 0 bridgehead atoms. The van der Waals surface area contributed by atoms with Gasteiger partial charge in [-0.05, 0) is 35.4 Å². The highest BCUT2D eigenvalue weighted by Crippen LogP contribution is 2.42. The summed E-state index contributed by atoms with van der Waals surface area (Å²) in [5.41, 5.74) is 4.26. The van der Waals surface area contributed by atoms with Crippen molar-refractivity contribution in [1.82, 2.24) is 10.6 Å². The Morgan fingerprint density at radius 2 is 0.844 bits per heavy atom. The SMILES string of the molecule is O=C1NC(c2ccc(-c3ccccc3)s2)=C2C(=O)NC(c3ccc(-c4ccccc4)s3)=C12. The molecule has 0 spiro atoms. The lowest BCUT2D eigenvalue weighted by Crippen LogP contribution is -2.20. The molecule has 2 amide bonds. The molecule has 0 saturated carbocycles. The van der Waals surface area contributed by atoms with Gasteiger partial charge in [0, 0.05) is 9.75 Å². The molecule has 0 saturated heterocycles. The number of nitrogens with one attached hydrogen (secondary N) is 2. The maximum atomic E-state index is 12.9. The predicted octanol–water partition coefficient (Wildman–Crippen LogP) is 5.53. The van der Waals surface area contributed by atoms with E-state index in [0.29, 0.717) is 22.5 Å². The zero-order valence-electron chi connectivity index (χ0n) is 16.7. The van der Waals surface area contributed by atoms with Gasteiger partial charge in [0.25, 0.3) is 11.8 Å². The summed E-state index contributed by atoms with van der Waals surface area (Å²) < 4.78 is 0. The maximum absolute atomic E-state index is 12.9. The summed E-state index contributed by atoms with van der Waals surface area (Å²) in [5.74, 6) is -0.486. The van der Waals surface area contributed by atoms with Gasteiger partial charge in [-0.1, -0.05) is 60.7 Å². The van der Waals surface area contributed by atoms with E-state index in [1.807, 2.05) is 84.9 Å². The molecule has 0 fully saturated rings. The second-order valence-electron chi connectivity index (χ2n) is 7.47. The van der Waals surface area contributed by atoms with E-state index in [2.05, 4.69) is 10.6 Å². The smallest absolute Gasteiger partial charge is 0.258 e. The molecule has 2 aliphatic heterocycles. The standard InChI is InChI=1S/C26H16N2O2S2/c29-25-21-22(24(28-25)20-14-12-18(32-20)16-9-5-2-6-10-16)26(30)27-23(21)19-13-11-17(31-19)15-7-3-1-4-8-15/h1-14H,(H,27,30)(H,28,29). The van der Waals surface area contributed by atoms with Gasteiger partial charge in [0.1, 0.15) is 0 Å². The minimum absolute atomic E-state index is 0.243. The van der Waals surface area contributed by atoms with Crippen molar-refractivity contribution in [3.63, 3.8) is 0 Å². The average Bonchev–Trinajstić information content (AvgIpc) is 3.61. The van der Waals surface area contributed by atoms with Gasteiger partial charge >= 0.3 is 0 Å². The van der Waals surface area contributed by atoms with Crippen molar-refractivity contribution in [2.45, 2.75) is 0 Å². The quantitative estimate of drug-likeness (QED) is 0.428. The lowest BCUT2D eigenvalue weighted by molar-refractivity contribution is -0.117. The van der Waals surface area contributed by atoms with E-state index in [1.54, 1.807) is 22.7 Å². The van der Waals surface area contributed by atoms with E-state index < -0.39 is 0 Å². The Hall–Kier alpha value is -3.74. The first-order valence-corrected chi connectivity index (χ1v) is 11.8. The van der Waals surface area contributed by atoms with Gasteiger partial charge < -0.3 is 10.6 Å². The third kappa shape index (κ3) is 3.04. The fourth-order valence-electron chi connectivity index (χ4n) is 4.01. The number of hydrogen-bond acceptors (Lipinski definition) is 4. The highest BCUT2D eigenvalue weighted by molar-refractivity contribution is 7.17. The average molecular weight is 453 g/mol. The number of carbonyl (C=O) groups excluding carboxylic acids is 2. The molecule has 6 heteroatoms. The first-order valence-electron chi connectivity index (χ1n) is 10.1. The number of amides is 2. The van der Waals surface area contributed by atoms with Crippen LogP contribution < -0.4 is 10.6 Å². The van der Waals surface area contributed by atoms with Crippen LogP contribution in [0.5, 0.6) is 0 Å². The molecule has 2 N–H and O–H groups in total. The minimum Gasteiger partial charge on any atom is -0.320 e. The normalized spacial score (nSPS) is 15.2. The van der Waals surface area contributed by atoms with Crippen LogP contribution in [-0.2, 0) is 9.59 Å². The van der Waals surface area contributed by atoms with Crippen molar-refractivity contribution in [3.8, 4) is 20.9 Å². The van der Waals surface area contributed by atoms with Crippen LogP contribution in [0.1, 0.15) is 9.75 Å². The zero-order chi connectivity index (χ0) is 21.7. The summed E-state index contributed by atoms with van der Waals surface area (Å²) in [4.78, 5) is 29.8. The lowest BCUT2D eigenvalue weighted by Gasteiger charge is -2.04. The highest BCUT2D eigenvalue weighted by Gasteiger charge is 2.41. The minimum atomic E-state index is -0.243. The van der Waals surface area contributed by atoms with Gasteiger partial charge in [-0.3, -0.25) is 9.59 Å². The largest absolute Gasteiger partial charge is 0.320 e. The number of benzene rings is 2. The molecule has 4 heterocycles. The summed E-state index contributed by atoms with van der Waals surface area (Å²) >= 11 is 3.12. The van der Waals surface area contributed by atoms with Crippen LogP contribution >= 0.6 is 22.7 Å². The summed E-state index contributed by atoms with van der Waals surface area (Å²) in [5, 5.41) is 5.89. The highest BCUT2D eigenvalue weighted by atomic mass is 32.1. The number of carbonyl (C=O) groups is 2.